The lowest BCUT2D eigenvalue weighted by atomic mass is 9.96. The maximum atomic E-state index is 14.3. The van der Waals surface area contributed by atoms with Crippen LogP contribution in [0.25, 0.3) is 33.5 Å². The highest BCUT2D eigenvalue weighted by Crippen LogP contribution is 2.53. The van der Waals surface area contributed by atoms with Gasteiger partial charge in [0.15, 0.2) is 52.2 Å². The van der Waals surface area contributed by atoms with Crippen LogP contribution in [0.4, 0.5) is 17.8 Å². The van der Waals surface area contributed by atoms with Crippen LogP contribution in [0.2, 0.25) is 0 Å². The number of hydrogen-bond donors (Lipinski definition) is 13. The average Bonchev–Trinajstić information content (AvgIpc) is 1.68. The lowest BCUT2D eigenvalue weighted by Crippen LogP contribution is -2.44. The van der Waals surface area contributed by atoms with Crippen molar-refractivity contribution in [2.24, 2.45) is 11.5 Å². The number of rotatable bonds is 21. The largest absolute Gasteiger partial charge is 0.479 e. The van der Waals surface area contributed by atoms with Gasteiger partial charge in [0.25, 0.3) is 7.52 Å². The van der Waals surface area contributed by atoms with E-state index in [4.69, 9.17) is 93.1 Å². The number of nitrogens with one attached hydrogen (secondary N) is 1. The van der Waals surface area contributed by atoms with Crippen molar-refractivity contribution in [1.29, 1.82) is 0 Å². The summed E-state index contributed by atoms with van der Waals surface area (Å²) in [5, 5.41) is 77.6. The highest BCUT2D eigenvalue weighted by Gasteiger charge is 2.56. The van der Waals surface area contributed by atoms with Crippen LogP contribution in [0.1, 0.15) is 45.9 Å². The second kappa shape index (κ2) is 29.6. The third kappa shape index (κ3) is 16.7. The van der Waals surface area contributed by atoms with E-state index in [1.54, 1.807) is 30.3 Å². The van der Waals surface area contributed by atoms with Gasteiger partial charge in [-0.25, -0.2) is 24.6 Å². The van der Waals surface area contributed by atoms with Crippen molar-refractivity contribution in [2.45, 2.75) is 99.3 Å². The number of nitrogens with zero attached hydrogens (tertiary/aromatic N) is 12. The number of imidazole rings is 3. The SMILES string of the molecule is COc1nc(N)nc2c1ncn2[C@@H]1O[C@H](CO)[C@@H](O)[C@@]1(C)O.COc1nc(N)nc2c1ncn2[C@@H]1O[C@H](COP(C)(=O)NCCCP(=O)(OC[C@H]2O[C@@H](n3cnc4c(OC)nc(N)nc43)[C@](C)(O)[C@@H]2O)Oc2ccccc2)[C@@H](O)[C@@]1(C)O.CP(=O)(Cl)Cl.NCCN. The van der Waals surface area contributed by atoms with Crippen LogP contribution in [0.15, 0.2) is 49.3 Å². The van der Waals surface area contributed by atoms with Crippen LogP contribution in [-0.4, -0.2) is 228 Å². The van der Waals surface area contributed by atoms with Gasteiger partial charge >= 0.3 is 7.60 Å². The van der Waals surface area contributed by atoms with Crippen molar-refractivity contribution >= 4 is 94.8 Å². The number of nitrogen functional groups attached to an aromatic ring is 3. The predicted octanol–water partition coefficient (Wildman–Crippen LogP) is 0.584. The number of para-hydroxylation sites is 1. The zero-order valence-corrected chi connectivity index (χ0v) is 54.5. The quantitative estimate of drug-likeness (QED) is 0.0346. The molecule has 0 saturated carbocycles. The molecule has 0 aliphatic carbocycles. The van der Waals surface area contributed by atoms with Gasteiger partial charge in [-0.05, 0) is 61.8 Å². The summed E-state index contributed by atoms with van der Waals surface area (Å²) in [5.74, 6) is -2.30. The van der Waals surface area contributed by atoms with Gasteiger partial charge in [0, 0.05) is 33.0 Å². The van der Waals surface area contributed by atoms with Crippen LogP contribution in [0, 0.1) is 0 Å². The first-order valence-corrected chi connectivity index (χ1v) is 35.2. The molecule has 0 radical (unpaired) electrons. The molecule has 42 heteroatoms. The van der Waals surface area contributed by atoms with Crippen LogP contribution in [0.3, 0.4) is 0 Å². The van der Waals surface area contributed by atoms with Crippen LogP contribution in [-0.2, 0) is 37.0 Å². The Morgan fingerprint density at radius 2 is 0.956 bits per heavy atom. The summed E-state index contributed by atoms with van der Waals surface area (Å²) in [7, 11) is -3.41. The minimum atomic E-state index is -4.02. The van der Waals surface area contributed by atoms with E-state index in [-0.39, 0.29) is 82.7 Å². The molecular formula is C49H75Cl2N18O19P3. The maximum Gasteiger partial charge on any atom is 0.379 e. The highest BCUT2D eigenvalue weighted by atomic mass is 35.9. The summed E-state index contributed by atoms with van der Waals surface area (Å²) >= 11 is 9.70. The van der Waals surface area contributed by atoms with E-state index in [1.807, 2.05) is 0 Å². The first-order chi connectivity index (χ1) is 42.7. The molecular weight excluding hydrogens is 1310 g/mol. The Morgan fingerprint density at radius 3 is 1.30 bits per heavy atom. The minimum Gasteiger partial charge on any atom is -0.479 e. The third-order valence-corrected chi connectivity index (χ3v) is 17.4. The fourth-order valence-electron chi connectivity index (χ4n) is 9.59. The zero-order chi connectivity index (χ0) is 67.2. The first kappa shape index (κ1) is 72.6. The van der Waals surface area contributed by atoms with Crippen molar-refractivity contribution in [3.8, 4) is 23.4 Å². The molecule has 2 unspecified atom stereocenters. The van der Waals surface area contributed by atoms with Gasteiger partial charge < -0.3 is 102 Å². The Balaban J connectivity index is 0.000000310. The molecule has 3 aliphatic heterocycles. The number of aliphatic hydroxyl groups is 7. The number of benzene rings is 1. The van der Waals surface area contributed by atoms with Crippen molar-refractivity contribution in [1.82, 2.24) is 63.6 Å². The first-order valence-electron chi connectivity index (χ1n) is 27.4. The fraction of sp³-hybridized carbons (Fsp3) is 0.571. The second-order valence-electron chi connectivity index (χ2n) is 21.3. The maximum absolute atomic E-state index is 14.3. The topological polar surface area (TPSA) is 549 Å². The van der Waals surface area contributed by atoms with Crippen molar-refractivity contribution in [3.63, 3.8) is 0 Å². The molecule has 3 aliphatic rings. The Morgan fingerprint density at radius 1 is 0.604 bits per heavy atom. The van der Waals surface area contributed by atoms with E-state index in [0.717, 1.165) is 0 Å². The van der Waals surface area contributed by atoms with E-state index in [0.29, 0.717) is 24.3 Å². The number of nitrogens with two attached hydrogens (primary N) is 5. The van der Waals surface area contributed by atoms with E-state index in [1.165, 1.54) is 88.1 Å². The van der Waals surface area contributed by atoms with Gasteiger partial charge in [0.05, 0.1) is 66.3 Å². The average molecular weight is 1380 g/mol. The third-order valence-electron chi connectivity index (χ3n) is 14.1. The summed E-state index contributed by atoms with van der Waals surface area (Å²) in [4.78, 5) is 37.1. The number of ether oxygens (including phenoxy) is 6. The molecule has 6 aromatic heterocycles. The van der Waals surface area contributed by atoms with E-state index in [9.17, 15) is 49.4 Å². The molecule has 0 amide bonds. The molecule has 1 aromatic carbocycles. The molecule has 14 atom stereocenters. The van der Waals surface area contributed by atoms with Crippen molar-refractivity contribution in [2.75, 3.05) is 97.5 Å². The number of hydrogen-bond acceptors (Lipinski definition) is 33. The lowest BCUT2D eigenvalue weighted by Gasteiger charge is -2.27. The number of halogens is 2. The molecule has 0 bridgehead atoms. The van der Waals surface area contributed by atoms with Crippen LogP contribution in [0.5, 0.6) is 23.4 Å². The van der Waals surface area contributed by atoms with Gasteiger partial charge in [-0.3, -0.25) is 27.4 Å². The summed E-state index contributed by atoms with van der Waals surface area (Å²) < 4.78 is 92.3. The molecule has 0 spiro atoms. The second-order valence-corrected chi connectivity index (χ2v) is 31.5. The molecule has 3 saturated heterocycles. The summed E-state index contributed by atoms with van der Waals surface area (Å²) in [5.41, 5.74) is 23.2. The number of methoxy groups -OCH3 is 3. The summed E-state index contributed by atoms with van der Waals surface area (Å²) in [6.07, 6.45) is -7.01. The molecule has 9 heterocycles. The fourth-order valence-corrected chi connectivity index (χ4v) is 12.3. The normalized spacial score (nSPS) is 27.7. The smallest absolute Gasteiger partial charge is 0.379 e. The summed E-state index contributed by atoms with van der Waals surface area (Å²) in [6, 6.07) is 8.30. The lowest BCUT2D eigenvalue weighted by molar-refractivity contribution is -0.0950. The Kier molecular flexibility index (Phi) is 23.6. The van der Waals surface area contributed by atoms with E-state index < -0.39 is 113 Å². The Labute approximate surface area is 528 Å². The number of anilines is 3. The van der Waals surface area contributed by atoms with Crippen molar-refractivity contribution in [3.05, 3.63) is 49.3 Å². The summed E-state index contributed by atoms with van der Waals surface area (Å²) in [6.45, 7) is 6.64. The molecule has 18 N–H and O–H groups in total. The molecule has 91 heavy (non-hydrogen) atoms. The van der Waals surface area contributed by atoms with Gasteiger partial charge in [-0.1, -0.05) is 18.2 Å². The van der Waals surface area contributed by atoms with Gasteiger partial charge in [-0.2, -0.15) is 29.9 Å². The van der Waals surface area contributed by atoms with Crippen molar-refractivity contribution < 1.29 is 91.4 Å². The van der Waals surface area contributed by atoms with E-state index in [2.05, 4.69) is 49.9 Å². The molecule has 3 fully saturated rings. The van der Waals surface area contributed by atoms with E-state index >= 15 is 0 Å². The Hall–Kier alpha value is -5.86. The standard InChI is InChI=1S/C34H47N11O13P2.C12H17N5O5.C2H8N2.CH3Cl2OP/c1-33(48)23(46)19(56-29(33)44-16-37-21-25(44)40-31(35)42-27(21)52-3)14-54-59(5,50)39-12-9-13-60(51,58-18-10-7-6-8-11-18)55-15-20-24(47)34(2,49)30(57-20)45-17-38-22-26(45)41-32(36)43-28(22)53-4;1-12(20)7(19)5(3-18)22-10(12)17-4-14-6-8(17)15-11(13)16-9(6)21-2;3-1-2-4;1-5(2,3)4/h6-8,10-11,16-17,19-20,23-24,29-30,46-49H,9,12-15H2,1-5H3,(H,39,50)(H2,35,40,42)(H2,36,41,43);4-5,7,10,18-20H,3H2,1-2H3,(H2,13,15,16);1-4H2;1H3/t19-,20-,23-,24-,29-,30-,33-,34-,59?,60?;5-,7-,10-,12-;;/m11../s1. The molecule has 37 nitrogen and oxygen atoms in total. The number of aliphatic hydroxyl groups excluding tert-OH is 4. The molecule has 10 rings (SSSR count). The monoisotopic (exact) mass is 1380 g/mol. The molecule has 7 aromatic rings. The van der Waals surface area contributed by atoms with Gasteiger partial charge in [0.2, 0.25) is 41.3 Å². The number of fused-ring (bicyclic) bond motifs is 3. The number of aromatic nitrogens is 12. The zero-order valence-electron chi connectivity index (χ0n) is 50.4. The highest BCUT2D eigenvalue weighted by molar-refractivity contribution is 8.08. The molecule has 504 valence electrons. The Bertz CT molecular complexity index is 3730. The van der Waals surface area contributed by atoms with Crippen LogP contribution < -0.4 is 52.5 Å². The predicted molar refractivity (Wildman–Crippen MR) is 329 cm³/mol. The minimum absolute atomic E-state index is 0.0131. The van der Waals surface area contributed by atoms with Gasteiger partial charge in [-0.15, -0.1) is 0 Å². The van der Waals surface area contributed by atoms with Crippen LogP contribution >= 0.6 is 43.4 Å². The van der Waals surface area contributed by atoms with Gasteiger partial charge in [0.1, 0.15) is 59.2 Å².